The highest BCUT2D eigenvalue weighted by atomic mass is 32.2. The van der Waals surface area contributed by atoms with Gasteiger partial charge in [-0.1, -0.05) is 30.3 Å². The maximum atomic E-state index is 13.4. The largest absolute Gasteiger partial charge is 0.508 e. The molecule has 32 heavy (non-hydrogen) atoms. The van der Waals surface area contributed by atoms with E-state index in [0.717, 1.165) is 26.9 Å². The molecule has 4 aromatic rings. The van der Waals surface area contributed by atoms with Gasteiger partial charge in [0.2, 0.25) is 10.0 Å². The molecule has 2 heterocycles. The Bertz CT molecular complexity index is 1370. The number of nitrogens with one attached hydrogen (secondary N) is 1. The van der Waals surface area contributed by atoms with Gasteiger partial charge in [-0.15, -0.1) is 11.3 Å². The Hall–Kier alpha value is -3.07. The Morgan fingerprint density at radius 2 is 1.69 bits per heavy atom. The van der Waals surface area contributed by atoms with Crippen LogP contribution in [0, 0.1) is 0 Å². The summed E-state index contributed by atoms with van der Waals surface area (Å²) in [4.78, 5) is 0.941. The van der Waals surface area contributed by atoms with Gasteiger partial charge in [0.05, 0.1) is 24.2 Å². The zero-order chi connectivity index (χ0) is 22.1. The van der Waals surface area contributed by atoms with Crippen LogP contribution in [0.3, 0.4) is 0 Å². The van der Waals surface area contributed by atoms with Gasteiger partial charge >= 0.3 is 0 Å². The van der Waals surface area contributed by atoms with Gasteiger partial charge in [-0.05, 0) is 47.3 Å². The number of fused-ring (bicyclic) bond motifs is 2. The summed E-state index contributed by atoms with van der Waals surface area (Å²) in [6.45, 7) is 1.01. The third kappa shape index (κ3) is 4.17. The smallest absolute Gasteiger partial charge is 0.241 e. The lowest BCUT2D eigenvalue weighted by molar-refractivity contribution is 0.297. The van der Waals surface area contributed by atoms with Gasteiger partial charge in [0, 0.05) is 22.1 Å². The fourth-order valence-electron chi connectivity index (χ4n) is 3.66. The van der Waals surface area contributed by atoms with Crippen LogP contribution in [0.15, 0.2) is 77.7 Å². The van der Waals surface area contributed by atoms with Crippen LogP contribution in [0.4, 0.5) is 0 Å². The molecule has 0 saturated heterocycles. The maximum Gasteiger partial charge on any atom is 0.241 e. The quantitative estimate of drug-likeness (QED) is 0.439. The second kappa shape index (κ2) is 8.46. The predicted octanol–water partition coefficient (Wildman–Crippen LogP) is 4.84. The molecule has 0 unspecified atom stereocenters. The zero-order valence-electron chi connectivity index (χ0n) is 17.0. The second-order valence-corrected chi connectivity index (χ2v) is 10.3. The fourth-order valence-corrected chi connectivity index (χ4v) is 6.08. The highest BCUT2D eigenvalue weighted by molar-refractivity contribution is 7.89. The van der Waals surface area contributed by atoms with Gasteiger partial charge in [-0.2, -0.15) is 4.72 Å². The molecule has 1 atom stereocenters. The van der Waals surface area contributed by atoms with Gasteiger partial charge in [-0.25, -0.2) is 8.42 Å². The van der Waals surface area contributed by atoms with E-state index in [-0.39, 0.29) is 10.6 Å². The molecule has 0 fully saturated rings. The fraction of sp³-hybridized carbons (Fsp3) is 0.167. The zero-order valence-corrected chi connectivity index (χ0v) is 18.7. The second-order valence-electron chi connectivity index (χ2n) is 7.49. The average molecular weight is 468 g/mol. The molecule has 0 aliphatic carbocycles. The van der Waals surface area contributed by atoms with E-state index in [0.29, 0.717) is 24.7 Å². The first kappa shape index (κ1) is 20.8. The van der Waals surface area contributed by atoms with Gasteiger partial charge in [0.25, 0.3) is 0 Å². The van der Waals surface area contributed by atoms with E-state index in [9.17, 15) is 13.5 Å². The maximum absolute atomic E-state index is 13.4. The minimum Gasteiger partial charge on any atom is -0.508 e. The summed E-state index contributed by atoms with van der Waals surface area (Å²) in [6, 6.07) is 20.6. The summed E-state index contributed by atoms with van der Waals surface area (Å²) in [5, 5.41) is 10.7. The third-order valence-corrected chi connectivity index (χ3v) is 7.84. The molecule has 164 valence electrons. The van der Waals surface area contributed by atoms with Gasteiger partial charge in [0.1, 0.15) is 5.75 Å². The monoisotopic (exact) mass is 467 g/mol. The van der Waals surface area contributed by atoms with Crippen LogP contribution in [0.2, 0.25) is 0 Å². The summed E-state index contributed by atoms with van der Waals surface area (Å²) in [7, 11) is -3.88. The summed E-state index contributed by atoms with van der Waals surface area (Å²) in [5.74, 6) is 1.15. The van der Waals surface area contributed by atoms with E-state index in [2.05, 4.69) is 4.72 Å². The first-order valence-corrected chi connectivity index (χ1v) is 12.5. The van der Waals surface area contributed by atoms with Gasteiger partial charge in [0.15, 0.2) is 11.5 Å². The van der Waals surface area contributed by atoms with Crippen LogP contribution < -0.4 is 14.2 Å². The molecule has 1 aliphatic heterocycles. The molecule has 0 amide bonds. The van der Waals surface area contributed by atoms with E-state index in [1.807, 2.05) is 42.5 Å². The molecule has 8 heteroatoms. The van der Waals surface area contributed by atoms with Crippen LogP contribution in [-0.2, 0) is 10.0 Å². The number of thiophene rings is 1. The summed E-state index contributed by atoms with van der Waals surface area (Å²) in [6.07, 6.45) is 0.743. The number of sulfonamides is 1. The Morgan fingerprint density at radius 1 is 0.906 bits per heavy atom. The van der Waals surface area contributed by atoms with E-state index in [1.165, 1.54) is 23.5 Å². The van der Waals surface area contributed by atoms with Crippen molar-refractivity contribution in [1.29, 1.82) is 0 Å². The van der Waals surface area contributed by atoms with E-state index in [4.69, 9.17) is 9.47 Å². The van der Waals surface area contributed by atoms with Crippen molar-refractivity contribution in [2.45, 2.75) is 17.4 Å². The van der Waals surface area contributed by atoms with E-state index >= 15 is 0 Å². The molecule has 3 aromatic carbocycles. The lowest BCUT2D eigenvalue weighted by Crippen LogP contribution is -2.29. The standard InChI is InChI=1S/C24H21NO5S2/c26-18-7-10-22-17(13-18)14-23(31-22)24(16-5-2-1-3-6-16)25-32(27,28)19-8-9-20-21(15-19)30-12-4-11-29-20/h1-3,5-10,13-15,24-26H,4,11-12H2/t24-/m0/s1. The van der Waals surface area contributed by atoms with Crippen molar-refractivity contribution in [3.8, 4) is 17.2 Å². The molecule has 5 rings (SSSR count). The number of hydrogen-bond donors (Lipinski definition) is 2. The molecule has 1 aliphatic rings. The van der Waals surface area contributed by atoms with Crippen LogP contribution in [-0.4, -0.2) is 26.7 Å². The van der Waals surface area contributed by atoms with Crippen LogP contribution >= 0.6 is 11.3 Å². The van der Waals surface area contributed by atoms with Crippen LogP contribution in [0.5, 0.6) is 17.2 Å². The molecule has 0 bridgehead atoms. The number of hydrogen-bond acceptors (Lipinski definition) is 6. The van der Waals surface area contributed by atoms with Crippen molar-refractivity contribution >= 4 is 31.4 Å². The van der Waals surface area contributed by atoms with Crippen LogP contribution in [0.25, 0.3) is 10.1 Å². The number of rotatable bonds is 5. The highest BCUT2D eigenvalue weighted by Crippen LogP contribution is 2.37. The number of benzene rings is 3. The van der Waals surface area contributed by atoms with Crippen molar-refractivity contribution in [3.05, 3.63) is 83.2 Å². The average Bonchev–Trinajstić information content (AvgIpc) is 3.06. The molecule has 2 N–H and O–H groups in total. The van der Waals surface area contributed by atoms with Gasteiger partial charge in [-0.3, -0.25) is 0 Å². The molecule has 0 saturated carbocycles. The van der Waals surface area contributed by atoms with Crippen molar-refractivity contribution < 1.29 is 23.0 Å². The molecular formula is C24H21NO5S2. The normalized spacial score (nSPS) is 14.8. The van der Waals surface area contributed by atoms with Crippen molar-refractivity contribution in [3.63, 3.8) is 0 Å². The van der Waals surface area contributed by atoms with Crippen molar-refractivity contribution in [1.82, 2.24) is 4.72 Å². The molecule has 0 radical (unpaired) electrons. The number of ether oxygens (including phenoxy) is 2. The predicted molar refractivity (Wildman–Crippen MR) is 124 cm³/mol. The summed E-state index contributed by atoms with van der Waals surface area (Å²) >= 11 is 1.49. The first-order valence-electron chi connectivity index (χ1n) is 10.2. The summed E-state index contributed by atoms with van der Waals surface area (Å²) < 4.78 is 41.9. The Labute approximate surface area is 190 Å². The lowest BCUT2D eigenvalue weighted by atomic mass is 10.1. The highest BCUT2D eigenvalue weighted by Gasteiger charge is 2.26. The Morgan fingerprint density at radius 3 is 2.50 bits per heavy atom. The molecule has 1 aromatic heterocycles. The third-order valence-electron chi connectivity index (χ3n) is 5.24. The summed E-state index contributed by atoms with van der Waals surface area (Å²) in [5.41, 5.74) is 0.821. The van der Waals surface area contributed by atoms with Crippen molar-refractivity contribution in [2.24, 2.45) is 0 Å². The van der Waals surface area contributed by atoms with E-state index < -0.39 is 16.1 Å². The van der Waals surface area contributed by atoms with E-state index in [1.54, 1.807) is 18.2 Å². The number of phenols is 1. The lowest BCUT2D eigenvalue weighted by Gasteiger charge is -2.19. The number of phenolic OH excluding ortho intramolecular Hbond substituents is 1. The molecular weight excluding hydrogens is 446 g/mol. The Kier molecular flexibility index (Phi) is 5.50. The topological polar surface area (TPSA) is 84.9 Å². The SMILES string of the molecule is O=S(=O)(N[C@@H](c1ccccc1)c1cc2cc(O)ccc2s1)c1ccc2c(c1)OCCCO2. The van der Waals surface area contributed by atoms with Crippen molar-refractivity contribution in [2.75, 3.05) is 13.2 Å². The molecule has 0 spiro atoms. The minimum absolute atomic E-state index is 0.112. The van der Waals surface area contributed by atoms with Crippen LogP contribution in [0.1, 0.15) is 22.9 Å². The Balaban J connectivity index is 1.54. The first-order chi connectivity index (χ1) is 15.5. The number of aromatic hydroxyl groups is 1. The van der Waals surface area contributed by atoms with Gasteiger partial charge < -0.3 is 14.6 Å². The molecule has 6 nitrogen and oxygen atoms in total. The minimum atomic E-state index is -3.88.